The van der Waals surface area contributed by atoms with Gasteiger partial charge < -0.3 is 48.1 Å². The number of nitrogens with two attached hydrogens (primary N) is 3. The van der Waals surface area contributed by atoms with Gasteiger partial charge in [-0.05, 0) is 32.6 Å². The van der Waals surface area contributed by atoms with Crippen LogP contribution in [0.1, 0.15) is 32.6 Å². The summed E-state index contributed by atoms with van der Waals surface area (Å²) in [6.45, 7) is 1.02. The van der Waals surface area contributed by atoms with Crippen molar-refractivity contribution in [3.63, 3.8) is 0 Å². The third-order valence-electron chi connectivity index (χ3n) is 4.98. The van der Waals surface area contributed by atoms with Crippen LogP contribution in [0.25, 0.3) is 0 Å². The van der Waals surface area contributed by atoms with E-state index in [1.807, 2.05) is 0 Å². The van der Waals surface area contributed by atoms with Gasteiger partial charge in [-0.25, -0.2) is 4.79 Å². The van der Waals surface area contributed by atoms with Crippen molar-refractivity contribution < 1.29 is 34.5 Å². The first kappa shape index (κ1) is 27.1. The fourth-order valence-corrected chi connectivity index (χ4v) is 3.24. The summed E-state index contributed by atoms with van der Waals surface area (Å²) in [5.74, 6) is -3.57. The number of amides is 3. The molecular weight excluding hydrogens is 426 g/mol. The lowest BCUT2D eigenvalue weighted by atomic mass is 10.1. The predicted octanol–water partition coefficient (Wildman–Crippen LogP) is -4.21. The van der Waals surface area contributed by atoms with E-state index in [1.165, 1.54) is 11.8 Å². The molecule has 0 radical (unpaired) electrons. The maximum absolute atomic E-state index is 13.0. The molecule has 1 rings (SSSR count). The van der Waals surface area contributed by atoms with Crippen LogP contribution in [0.4, 0.5) is 0 Å². The molecule has 5 atom stereocenters. The van der Waals surface area contributed by atoms with Crippen LogP contribution in [-0.4, -0.2) is 99.8 Å². The number of carbonyl (C=O) groups excluding carboxylic acids is 3. The molecule has 0 saturated carbocycles. The molecule has 1 heterocycles. The Morgan fingerprint density at radius 2 is 1.88 bits per heavy atom. The van der Waals surface area contributed by atoms with Gasteiger partial charge in [-0.1, -0.05) is 0 Å². The van der Waals surface area contributed by atoms with Crippen LogP contribution in [-0.2, 0) is 19.2 Å². The second-order valence-corrected chi connectivity index (χ2v) is 7.55. The van der Waals surface area contributed by atoms with Gasteiger partial charge in [0, 0.05) is 13.1 Å². The highest BCUT2D eigenvalue weighted by atomic mass is 16.4. The van der Waals surface area contributed by atoms with Crippen molar-refractivity contribution in [3.8, 4) is 0 Å². The zero-order chi connectivity index (χ0) is 24.4. The Morgan fingerprint density at radius 1 is 1.22 bits per heavy atom. The Hall–Kier alpha value is -2.97. The van der Waals surface area contributed by atoms with E-state index in [1.54, 1.807) is 0 Å². The predicted molar refractivity (Wildman–Crippen MR) is 113 cm³/mol. The summed E-state index contributed by atoms with van der Waals surface area (Å²) in [5.41, 5.74) is 15.9. The van der Waals surface area contributed by atoms with Gasteiger partial charge in [-0.2, -0.15) is 0 Å². The normalized spacial score (nSPS) is 19.4. The van der Waals surface area contributed by atoms with Crippen LogP contribution in [0.15, 0.2) is 4.99 Å². The van der Waals surface area contributed by atoms with Crippen molar-refractivity contribution in [1.29, 1.82) is 0 Å². The maximum Gasteiger partial charge on any atom is 0.326 e. The van der Waals surface area contributed by atoms with E-state index in [2.05, 4.69) is 15.6 Å². The molecule has 0 spiro atoms. The summed E-state index contributed by atoms with van der Waals surface area (Å²) in [6.07, 6.45) is -0.158. The maximum atomic E-state index is 13.0. The number of nitrogens with one attached hydrogen (secondary N) is 2. The summed E-state index contributed by atoms with van der Waals surface area (Å²) >= 11 is 0. The van der Waals surface area contributed by atoms with Crippen molar-refractivity contribution in [2.45, 2.75) is 62.9 Å². The molecule has 1 saturated heterocycles. The third-order valence-corrected chi connectivity index (χ3v) is 4.98. The van der Waals surface area contributed by atoms with E-state index in [4.69, 9.17) is 22.3 Å². The van der Waals surface area contributed by atoms with E-state index in [0.717, 1.165) is 0 Å². The number of aliphatic hydroxyl groups excluding tert-OH is 2. The summed E-state index contributed by atoms with van der Waals surface area (Å²) in [5, 5.41) is 33.1. The first-order chi connectivity index (χ1) is 15.0. The first-order valence-corrected chi connectivity index (χ1v) is 10.2. The second-order valence-electron chi connectivity index (χ2n) is 7.55. The number of aliphatic imine (C=N–C) groups is 1. The van der Waals surface area contributed by atoms with Crippen molar-refractivity contribution in [3.05, 3.63) is 0 Å². The monoisotopic (exact) mass is 459 g/mol. The van der Waals surface area contributed by atoms with Crippen molar-refractivity contribution >= 4 is 29.7 Å². The summed E-state index contributed by atoms with van der Waals surface area (Å²) in [4.78, 5) is 54.1. The Balaban J connectivity index is 2.85. The first-order valence-electron chi connectivity index (χ1n) is 10.2. The fourth-order valence-electron chi connectivity index (χ4n) is 3.24. The summed E-state index contributed by atoms with van der Waals surface area (Å²) in [7, 11) is 0. The van der Waals surface area contributed by atoms with Crippen LogP contribution >= 0.6 is 0 Å². The highest BCUT2D eigenvalue weighted by Gasteiger charge is 2.40. The lowest BCUT2D eigenvalue weighted by Gasteiger charge is -2.31. The minimum Gasteiger partial charge on any atom is -0.480 e. The van der Waals surface area contributed by atoms with Gasteiger partial charge >= 0.3 is 5.97 Å². The fraction of sp³-hybridized carbons (Fsp3) is 0.722. The Morgan fingerprint density at radius 3 is 2.41 bits per heavy atom. The van der Waals surface area contributed by atoms with E-state index < -0.39 is 60.6 Å². The van der Waals surface area contributed by atoms with Crippen molar-refractivity contribution in [2.75, 3.05) is 19.7 Å². The molecule has 182 valence electrons. The molecule has 32 heavy (non-hydrogen) atoms. The van der Waals surface area contributed by atoms with Crippen LogP contribution in [0.2, 0.25) is 0 Å². The van der Waals surface area contributed by atoms with E-state index >= 15 is 0 Å². The number of aliphatic carboxylic acids is 1. The van der Waals surface area contributed by atoms with Gasteiger partial charge in [-0.3, -0.25) is 19.4 Å². The SMILES string of the molecule is CC(O)C(NC(=O)C(N)CO)C(=O)N1CCCC1C(=O)NC(CCCN=C(N)N)C(=O)O. The molecule has 14 heteroatoms. The van der Waals surface area contributed by atoms with Gasteiger partial charge in [0.05, 0.1) is 12.7 Å². The number of hydrogen-bond acceptors (Lipinski definition) is 8. The van der Waals surface area contributed by atoms with E-state index in [9.17, 15) is 29.4 Å². The molecule has 11 N–H and O–H groups in total. The average molecular weight is 460 g/mol. The number of carboxylic acid groups (broad SMARTS) is 1. The summed E-state index contributed by atoms with van der Waals surface area (Å²) < 4.78 is 0. The van der Waals surface area contributed by atoms with E-state index in [0.29, 0.717) is 12.8 Å². The molecule has 0 bridgehead atoms. The minimum atomic E-state index is -1.39. The number of guanidine groups is 1. The van der Waals surface area contributed by atoms with Gasteiger partial charge in [-0.15, -0.1) is 0 Å². The molecule has 0 aliphatic carbocycles. The molecule has 1 aliphatic rings. The van der Waals surface area contributed by atoms with Crippen LogP contribution in [0, 0.1) is 0 Å². The smallest absolute Gasteiger partial charge is 0.326 e. The minimum absolute atomic E-state index is 0.0733. The highest BCUT2D eigenvalue weighted by molar-refractivity contribution is 5.94. The van der Waals surface area contributed by atoms with Crippen molar-refractivity contribution in [1.82, 2.24) is 15.5 Å². The molecule has 1 fully saturated rings. The lowest BCUT2D eigenvalue weighted by Crippen LogP contribution is -2.59. The quantitative estimate of drug-likeness (QED) is 0.0793. The molecular formula is C18H33N7O7. The molecule has 5 unspecified atom stereocenters. The number of likely N-dealkylation sites (tertiary alicyclic amines) is 1. The highest BCUT2D eigenvalue weighted by Crippen LogP contribution is 2.20. The van der Waals surface area contributed by atoms with Gasteiger partial charge in [0.25, 0.3) is 0 Å². The van der Waals surface area contributed by atoms with Gasteiger partial charge in [0.2, 0.25) is 17.7 Å². The Labute approximate surface area is 185 Å². The number of nitrogens with zero attached hydrogens (tertiary/aromatic N) is 2. The van der Waals surface area contributed by atoms with Gasteiger partial charge in [0.1, 0.15) is 24.2 Å². The number of aliphatic hydroxyl groups is 2. The topological polar surface area (TPSA) is 247 Å². The van der Waals surface area contributed by atoms with E-state index in [-0.39, 0.29) is 31.9 Å². The zero-order valence-corrected chi connectivity index (χ0v) is 17.9. The van der Waals surface area contributed by atoms with Crippen LogP contribution in [0.5, 0.6) is 0 Å². The van der Waals surface area contributed by atoms with Crippen LogP contribution < -0.4 is 27.8 Å². The van der Waals surface area contributed by atoms with Crippen molar-refractivity contribution in [2.24, 2.45) is 22.2 Å². The molecule has 3 amide bonds. The van der Waals surface area contributed by atoms with Gasteiger partial charge in [0.15, 0.2) is 5.96 Å². The molecule has 0 aromatic heterocycles. The lowest BCUT2D eigenvalue weighted by molar-refractivity contribution is -0.146. The molecule has 0 aromatic carbocycles. The Kier molecular flexibility index (Phi) is 10.8. The molecule has 1 aliphatic heterocycles. The Bertz CT molecular complexity index is 712. The number of hydrogen-bond donors (Lipinski definition) is 8. The standard InChI is InChI=1S/C18H33N7O7/c1-9(27)13(24-14(28)10(19)8-26)16(30)25-7-3-5-12(25)15(29)23-11(17(31)32)4-2-6-22-18(20)21/h9-13,26-27H,2-8,19H2,1H3,(H,23,29)(H,24,28)(H,31,32)(H4,20,21,22). The summed E-state index contributed by atoms with van der Waals surface area (Å²) in [6, 6.07) is -4.84. The number of carbonyl (C=O) groups is 4. The molecule has 14 nitrogen and oxygen atoms in total. The largest absolute Gasteiger partial charge is 0.480 e. The van der Waals surface area contributed by atoms with Crippen LogP contribution in [0.3, 0.4) is 0 Å². The third kappa shape index (κ3) is 7.94. The molecule has 0 aromatic rings. The second kappa shape index (κ2) is 12.8. The number of carboxylic acids is 1. The average Bonchev–Trinajstić information content (AvgIpc) is 3.22. The number of rotatable bonds is 12. The zero-order valence-electron chi connectivity index (χ0n) is 17.9.